The zero-order valence-corrected chi connectivity index (χ0v) is 9.21. The Bertz CT molecular complexity index is 335. The van der Waals surface area contributed by atoms with Gasteiger partial charge < -0.3 is 0 Å². The maximum atomic E-state index is 5.94. The summed E-state index contributed by atoms with van der Waals surface area (Å²) < 4.78 is 2.89. The predicted octanol–water partition coefficient (Wildman–Crippen LogP) is 3.32. The van der Waals surface area contributed by atoms with Gasteiger partial charge in [0.15, 0.2) is 0 Å². The first-order valence-corrected chi connectivity index (χ1v) is 5.09. The second-order valence-corrected chi connectivity index (χ2v) is 4.28. The van der Waals surface area contributed by atoms with Gasteiger partial charge in [-0.2, -0.15) is 0 Å². The Kier molecular flexibility index (Phi) is 2.28. The summed E-state index contributed by atoms with van der Waals surface area (Å²) in [5, 5.41) is 0. The Morgan fingerprint density at radius 3 is 3.08 bits per heavy atom. The molecule has 0 aliphatic carbocycles. The van der Waals surface area contributed by atoms with Crippen molar-refractivity contribution in [2.75, 3.05) is 4.42 Å². The van der Waals surface area contributed by atoms with Crippen LogP contribution in [0.4, 0.5) is 5.69 Å². The Morgan fingerprint density at radius 2 is 2.25 bits per heavy atom. The number of hydrogen-bond acceptors (Lipinski definition) is 1. The molecule has 1 heterocycles. The van der Waals surface area contributed by atoms with Crippen molar-refractivity contribution in [2.24, 2.45) is 0 Å². The molecule has 0 saturated heterocycles. The Balaban J connectivity index is 2.51. The fourth-order valence-corrected chi connectivity index (χ4v) is 2.08. The average Bonchev–Trinajstić information content (AvgIpc) is 2.04. The first kappa shape index (κ1) is 8.38. The molecule has 0 bridgehead atoms. The van der Waals surface area contributed by atoms with Gasteiger partial charge in [-0.3, -0.25) is 4.42 Å². The lowest BCUT2D eigenvalue weighted by Gasteiger charge is -2.18. The van der Waals surface area contributed by atoms with E-state index < -0.39 is 0 Å². The molecule has 0 spiro atoms. The molecule has 0 atom stereocenters. The Labute approximate surface area is 90.3 Å². The van der Waals surface area contributed by atoms with Crippen LogP contribution in [0.25, 0.3) is 0 Å². The lowest BCUT2D eigenvalue weighted by molar-refractivity contribution is 1.18. The molecule has 0 aromatic heterocycles. The van der Waals surface area contributed by atoms with E-state index in [0.29, 0.717) is 0 Å². The molecule has 0 amide bonds. The van der Waals surface area contributed by atoms with E-state index in [0.717, 1.165) is 12.1 Å². The van der Waals surface area contributed by atoms with E-state index in [1.807, 2.05) is 12.3 Å². The number of hydrogen-bond donors (Lipinski definition) is 0. The summed E-state index contributed by atoms with van der Waals surface area (Å²) in [7, 11) is 0. The zero-order valence-electron chi connectivity index (χ0n) is 6.30. The highest BCUT2D eigenvalue weighted by molar-refractivity contribution is 14.1. The number of allylic oxidation sites excluding steroid dienone is 1. The smallest absolute Gasteiger partial charge is 0.0610 e. The molecular weight excluding hydrogens is 284 g/mol. The molecule has 12 heavy (non-hydrogen) atoms. The summed E-state index contributed by atoms with van der Waals surface area (Å²) in [6.07, 6.45) is 4.93. The van der Waals surface area contributed by atoms with Crippen molar-refractivity contribution in [1.82, 2.24) is 0 Å². The van der Waals surface area contributed by atoms with E-state index in [9.17, 15) is 0 Å². The van der Waals surface area contributed by atoms with Crippen molar-refractivity contribution in [1.29, 1.82) is 0 Å². The van der Waals surface area contributed by atoms with Crippen LogP contribution in [0.5, 0.6) is 0 Å². The Morgan fingerprint density at radius 1 is 1.42 bits per heavy atom. The molecule has 1 aliphatic rings. The number of halogens is 2. The van der Waals surface area contributed by atoms with Gasteiger partial charge in [0.05, 0.1) is 5.69 Å². The summed E-state index contributed by atoms with van der Waals surface area (Å²) in [6.45, 7) is 0. The summed E-state index contributed by atoms with van der Waals surface area (Å²) in [6, 6.07) is 6.27. The maximum Gasteiger partial charge on any atom is 0.0610 e. The van der Waals surface area contributed by atoms with Crippen LogP contribution in [-0.4, -0.2) is 0 Å². The van der Waals surface area contributed by atoms with Crippen molar-refractivity contribution in [3.05, 3.63) is 39.6 Å². The second kappa shape index (κ2) is 3.26. The minimum absolute atomic E-state index is 0.982. The van der Waals surface area contributed by atoms with Gasteiger partial charge in [-0.05, 0) is 52.8 Å². The highest BCUT2D eigenvalue weighted by Crippen LogP contribution is 2.28. The molecule has 3 heteroatoms. The monoisotopic (exact) mass is 291 g/mol. The predicted molar refractivity (Wildman–Crippen MR) is 60.3 cm³/mol. The topological polar surface area (TPSA) is 3.24 Å². The molecule has 0 radical (unpaired) electrons. The summed E-state index contributed by atoms with van der Waals surface area (Å²) >= 11 is 8.25. The van der Waals surface area contributed by atoms with Gasteiger partial charge in [0.25, 0.3) is 0 Å². The van der Waals surface area contributed by atoms with Crippen LogP contribution in [0.15, 0.2) is 30.5 Å². The van der Waals surface area contributed by atoms with E-state index in [1.165, 1.54) is 9.13 Å². The molecule has 1 aliphatic heterocycles. The van der Waals surface area contributed by atoms with Gasteiger partial charge in [-0.1, -0.05) is 6.08 Å². The molecule has 2 rings (SSSR count). The number of nitrogens with zero attached hydrogens (tertiary/aromatic N) is 1. The molecular formula is C9H7ClIN. The minimum atomic E-state index is 0.982. The van der Waals surface area contributed by atoms with Crippen molar-refractivity contribution in [2.45, 2.75) is 6.42 Å². The standard InChI is InChI=1S/C9H7ClIN/c10-12-5-1-2-7-6-8(11)3-4-9(7)12/h1,3-6H,2H2. The highest BCUT2D eigenvalue weighted by Gasteiger charge is 2.10. The summed E-state index contributed by atoms with van der Waals surface area (Å²) in [5.41, 5.74) is 2.39. The fraction of sp³-hybridized carbons (Fsp3) is 0.111. The molecule has 0 fully saturated rings. The maximum absolute atomic E-state index is 5.94. The molecule has 1 aromatic carbocycles. The number of fused-ring (bicyclic) bond motifs is 1. The first-order chi connectivity index (χ1) is 5.77. The molecule has 1 nitrogen and oxygen atoms in total. The quantitative estimate of drug-likeness (QED) is 0.523. The number of rotatable bonds is 0. The number of benzene rings is 1. The fourth-order valence-electron chi connectivity index (χ4n) is 1.28. The largest absolute Gasteiger partial charge is 0.261 e. The van der Waals surface area contributed by atoms with Crippen molar-refractivity contribution in [3.8, 4) is 0 Å². The zero-order chi connectivity index (χ0) is 8.55. The van der Waals surface area contributed by atoms with Crippen molar-refractivity contribution in [3.63, 3.8) is 0 Å². The van der Waals surface area contributed by atoms with Gasteiger partial charge in [0.1, 0.15) is 0 Å². The van der Waals surface area contributed by atoms with Crippen LogP contribution in [-0.2, 0) is 6.42 Å². The van der Waals surface area contributed by atoms with Crippen molar-refractivity contribution < 1.29 is 0 Å². The van der Waals surface area contributed by atoms with Crippen LogP contribution in [0.2, 0.25) is 0 Å². The molecule has 62 valence electrons. The summed E-state index contributed by atoms with van der Waals surface area (Å²) in [4.78, 5) is 0. The first-order valence-electron chi connectivity index (χ1n) is 3.67. The van der Waals surface area contributed by atoms with Crippen LogP contribution in [0, 0.1) is 3.57 Å². The van der Waals surface area contributed by atoms with Gasteiger partial charge >= 0.3 is 0 Å². The molecule has 0 N–H and O–H groups in total. The molecule has 0 saturated carbocycles. The van der Waals surface area contributed by atoms with E-state index >= 15 is 0 Å². The van der Waals surface area contributed by atoms with Crippen LogP contribution in [0.3, 0.4) is 0 Å². The molecule has 0 unspecified atom stereocenters. The highest BCUT2D eigenvalue weighted by atomic mass is 127. The Hall–Kier alpha value is -0.220. The van der Waals surface area contributed by atoms with E-state index in [-0.39, 0.29) is 0 Å². The lowest BCUT2D eigenvalue weighted by Crippen LogP contribution is -2.07. The van der Waals surface area contributed by atoms with Crippen LogP contribution in [0.1, 0.15) is 5.56 Å². The second-order valence-electron chi connectivity index (χ2n) is 2.67. The minimum Gasteiger partial charge on any atom is -0.261 e. The average molecular weight is 292 g/mol. The third-order valence-electron chi connectivity index (χ3n) is 1.85. The summed E-state index contributed by atoms with van der Waals surface area (Å²) in [5.74, 6) is 0. The van der Waals surface area contributed by atoms with Crippen LogP contribution < -0.4 is 4.42 Å². The lowest BCUT2D eigenvalue weighted by atomic mass is 10.1. The van der Waals surface area contributed by atoms with Crippen LogP contribution >= 0.6 is 34.4 Å². The van der Waals surface area contributed by atoms with Gasteiger partial charge in [0.2, 0.25) is 0 Å². The molecule has 1 aromatic rings. The van der Waals surface area contributed by atoms with E-state index in [4.69, 9.17) is 11.8 Å². The van der Waals surface area contributed by atoms with Gasteiger partial charge in [-0.25, -0.2) is 0 Å². The third-order valence-corrected chi connectivity index (χ3v) is 2.81. The third kappa shape index (κ3) is 1.45. The SMILES string of the molecule is ClN1C=CCc2cc(I)ccc21. The van der Waals surface area contributed by atoms with Crippen molar-refractivity contribution >= 4 is 40.1 Å². The van der Waals surface area contributed by atoms with E-state index in [2.05, 4.69) is 40.8 Å². The number of anilines is 1. The van der Waals surface area contributed by atoms with Gasteiger partial charge in [-0.15, -0.1) is 0 Å². The van der Waals surface area contributed by atoms with E-state index in [1.54, 1.807) is 4.42 Å². The van der Waals surface area contributed by atoms with Gasteiger partial charge in [0, 0.05) is 21.5 Å². The normalized spacial score (nSPS) is 14.7.